The fraction of sp³-hybridized carbons (Fsp3) is 1.00. The highest BCUT2D eigenvalue weighted by molar-refractivity contribution is 5.15. The molecule has 0 amide bonds. The van der Waals surface area contributed by atoms with Crippen molar-refractivity contribution in [2.45, 2.75) is 76.7 Å². The van der Waals surface area contributed by atoms with Gasteiger partial charge in [-0.25, -0.2) is 0 Å². The summed E-state index contributed by atoms with van der Waals surface area (Å²) in [6.45, 7) is 3.65. The van der Waals surface area contributed by atoms with Crippen LogP contribution in [-0.4, -0.2) is 24.3 Å². The van der Waals surface area contributed by atoms with Crippen molar-refractivity contribution in [2.75, 3.05) is 13.6 Å². The highest BCUT2D eigenvalue weighted by Gasteiger charge is 2.65. The molecule has 0 radical (unpaired) electrons. The van der Waals surface area contributed by atoms with Gasteiger partial charge in [-0.2, -0.15) is 0 Å². The minimum atomic E-state index is -0.313. The molecule has 2 heteroatoms. The van der Waals surface area contributed by atoms with Crippen LogP contribution in [0.1, 0.15) is 71.1 Å². The summed E-state index contributed by atoms with van der Waals surface area (Å²) >= 11 is 0. The van der Waals surface area contributed by atoms with E-state index in [2.05, 4.69) is 19.3 Å². The molecule has 0 heterocycles. The number of aliphatic hydroxyl groups is 1. The first kappa shape index (κ1) is 14.5. The summed E-state index contributed by atoms with van der Waals surface area (Å²) in [5.41, 5.74) is 0.714. The highest BCUT2D eigenvalue weighted by Crippen LogP contribution is 2.70. The molecule has 2 nitrogen and oxygen atoms in total. The molecular formula is C19H33NO. The van der Waals surface area contributed by atoms with E-state index in [0.717, 1.165) is 24.7 Å². The zero-order valence-corrected chi connectivity index (χ0v) is 14.0. The van der Waals surface area contributed by atoms with E-state index < -0.39 is 0 Å². The van der Waals surface area contributed by atoms with E-state index in [4.69, 9.17) is 0 Å². The van der Waals surface area contributed by atoms with E-state index in [9.17, 15) is 5.11 Å². The quantitative estimate of drug-likeness (QED) is 0.812. The molecule has 4 aliphatic carbocycles. The van der Waals surface area contributed by atoms with Crippen molar-refractivity contribution in [3.8, 4) is 0 Å². The van der Waals surface area contributed by atoms with E-state index in [1.807, 2.05) is 0 Å². The van der Waals surface area contributed by atoms with Crippen LogP contribution < -0.4 is 5.32 Å². The van der Waals surface area contributed by atoms with Crippen LogP contribution in [0, 0.1) is 28.6 Å². The lowest BCUT2D eigenvalue weighted by atomic mass is 9.45. The zero-order chi connectivity index (χ0) is 14.7. The van der Waals surface area contributed by atoms with E-state index in [1.54, 1.807) is 0 Å². The van der Waals surface area contributed by atoms with Gasteiger partial charge in [0.1, 0.15) is 0 Å². The predicted molar refractivity (Wildman–Crippen MR) is 86.1 cm³/mol. The van der Waals surface area contributed by atoms with Crippen LogP contribution in [-0.2, 0) is 0 Å². The lowest BCUT2D eigenvalue weighted by Crippen LogP contribution is -2.60. The third-order valence-corrected chi connectivity index (χ3v) is 8.15. The van der Waals surface area contributed by atoms with Gasteiger partial charge in [0.25, 0.3) is 0 Å². The number of hydrogen-bond donors (Lipinski definition) is 2. The van der Waals surface area contributed by atoms with Gasteiger partial charge in [0.05, 0.1) is 5.60 Å². The molecule has 0 aromatic carbocycles. The molecule has 4 saturated carbocycles. The van der Waals surface area contributed by atoms with Crippen LogP contribution in [0.4, 0.5) is 0 Å². The maximum absolute atomic E-state index is 11.4. The monoisotopic (exact) mass is 291 g/mol. The SMILES string of the molecule is CNC[C@H]1CCC[C@@]12C[C@@H]1[C@H]2CC[C@]2(C)CCC[C@@]1(O)C2. The first-order valence-electron chi connectivity index (χ1n) is 9.38. The van der Waals surface area contributed by atoms with Crippen molar-refractivity contribution in [1.29, 1.82) is 0 Å². The Morgan fingerprint density at radius 3 is 2.71 bits per heavy atom. The lowest BCUT2D eigenvalue weighted by molar-refractivity contribution is -0.183. The topological polar surface area (TPSA) is 32.3 Å². The van der Waals surface area contributed by atoms with Gasteiger partial charge in [-0.15, -0.1) is 0 Å². The molecule has 0 unspecified atom stereocenters. The van der Waals surface area contributed by atoms with Crippen LogP contribution in [0.25, 0.3) is 0 Å². The van der Waals surface area contributed by atoms with Gasteiger partial charge in [-0.05, 0) is 93.5 Å². The fourth-order valence-electron chi connectivity index (χ4n) is 7.25. The first-order valence-corrected chi connectivity index (χ1v) is 9.38. The normalized spacial score (nSPS) is 55.9. The van der Waals surface area contributed by atoms with E-state index in [0.29, 0.717) is 16.7 Å². The molecule has 0 aliphatic heterocycles. The fourth-order valence-corrected chi connectivity index (χ4v) is 7.25. The minimum absolute atomic E-state index is 0.313. The van der Waals surface area contributed by atoms with Crippen LogP contribution >= 0.6 is 0 Å². The summed E-state index contributed by atoms with van der Waals surface area (Å²) < 4.78 is 0. The van der Waals surface area contributed by atoms with Gasteiger partial charge in [-0.1, -0.05) is 19.8 Å². The number of hydrogen-bond acceptors (Lipinski definition) is 2. The third kappa shape index (κ3) is 1.97. The molecule has 0 aromatic rings. The maximum Gasteiger partial charge on any atom is 0.0684 e. The molecule has 120 valence electrons. The Bertz CT molecular complexity index is 424. The van der Waals surface area contributed by atoms with Crippen LogP contribution in [0.5, 0.6) is 0 Å². The van der Waals surface area contributed by atoms with Crippen molar-refractivity contribution < 1.29 is 5.11 Å². The molecule has 4 aliphatic rings. The van der Waals surface area contributed by atoms with Gasteiger partial charge < -0.3 is 10.4 Å². The van der Waals surface area contributed by atoms with Gasteiger partial charge in [0.15, 0.2) is 0 Å². The van der Waals surface area contributed by atoms with E-state index in [-0.39, 0.29) is 5.60 Å². The van der Waals surface area contributed by atoms with Gasteiger partial charge >= 0.3 is 0 Å². The lowest BCUT2D eigenvalue weighted by Gasteiger charge is -2.61. The molecule has 0 saturated heterocycles. The molecular weight excluding hydrogens is 258 g/mol. The van der Waals surface area contributed by atoms with Crippen LogP contribution in [0.3, 0.4) is 0 Å². The van der Waals surface area contributed by atoms with Crippen molar-refractivity contribution in [3.63, 3.8) is 0 Å². The van der Waals surface area contributed by atoms with Crippen LogP contribution in [0.15, 0.2) is 0 Å². The van der Waals surface area contributed by atoms with Crippen molar-refractivity contribution in [3.05, 3.63) is 0 Å². The molecule has 4 fully saturated rings. The summed E-state index contributed by atoms with van der Waals surface area (Å²) in [5, 5.41) is 14.8. The van der Waals surface area contributed by atoms with E-state index in [1.165, 1.54) is 57.9 Å². The molecule has 0 aromatic heterocycles. The molecule has 2 N–H and O–H groups in total. The average molecular weight is 291 g/mol. The Hall–Kier alpha value is -0.0800. The summed E-state index contributed by atoms with van der Waals surface area (Å²) in [7, 11) is 2.11. The smallest absolute Gasteiger partial charge is 0.0684 e. The Labute approximate surface area is 130 Å². The number of rotatable bonds is 2. The maximum atomic E-state index is 11.4. The minimum Gasteiger partial charge on any atom is -0.390 e. The molecule has 6 atom stereocenters. The summed E-state index contributed by atoms with van der Waals surface area (Å²) in [6, 6.07) is 0. The summed E-state index contributed by atoms with van der Waals surface area (Å²) in [6.07, 6.45) is 13.1. The van der Waals surface area contributed by atoms with Crippen LogP contribution in [0.2, 0.25) is 0 Å². The van der Waals surface area contributed by atoms with Crippen molar-refractivity contribution in [2.24, 2.45) is 28.6 Å². The number of fused-ring (bicyclic) bond motifs is 5. The highest BCUT2D eigenvalue weighted by atomic mass is 16.3. The Morgan fingerprint density at radius 2 is 1.90 bits per heavy atom. The predicted octanol–water partition coefficient (Wildman–Crippen LogP) is 3.73. The molecule has 21 heavy (non-hydrogen) atoms. The summed E-state index contributed by atoms with van der Waals surface area (Å²) in [5.74, 6) is 2.32. The zero-order valence-electron chi connectivity index (χ0n) is 14.0. The summed E-state index contributed by atoms with van der Waals surface area (Å²) in [4.78, 5) is 0. The Balaban J connectivity index is 1.62. The number of nitrogens with one attached hydrogen (secondary N) is 1. The first-order chi connectivity index (χ1) is 10.0. The molecule has 1 spiro atoms. The standard InChI is InChI=1S/C19H33NO/c1-17-7-4-9-19(21,13-17)16-11-18(15(16)6-10-17)8-3-5-14(18)12-20-2/h14-16,20-21H,3-13H2,1-2H3/t14-,15-,16-,17+,18-,19-/m1/s1. The Kier molecular flexibility index (Phi) is 3.25. The third-order valence-electron chi connectivity index (χ3n) is 8.15. The van der Waals surface area contributed by atoms with Gasteiger partial charge in [-0.3, -0.25) is 0 Å². The second kappa shape index (κ2) is 4.71. The van der Waals surface area contributed by atoms with E-state index >= 15 is 0 Å². The largest absolute Gasteiger partial charge is 0.390 e. The molecule has 4 rings (SSSR count). The van der Waals surface area contributed by atoms with Crippen molar-refractivity contribution >= 4 is 0 Å². The van der Waals surface area contributed by atoms with Crippen molar-refractivity contribution in [1.82, 2.24) is 5.32 Å². The second-order valence-electron chi connectivity index (χ2n) is 9.28. The average Bonchev–Trinajstić information content (AvgIpc) is 2.79. The van der Waals surface area contributed by atoms with Gasteiger partial charge in [0, 0.05) is 0 Å². The molecule has 2 bridgehead atoms. The Morgan fingerprint density at radius 1 is 1.05 bits per heavy atom. The van der Waals surface area contributed by atoms with Gasteiger partial charge in [0.2, 0.25) is 0 Å². The second-order valence-corrected chi connectivity index (χ2v) is 9.28.